The first kappa shape index (κ1) is 22.4. The molecular formula is C23H20BrClIN3O2. The lowest BCUT2D eigenvalue weighted by Gasteiger charge is -2.40. The van der Waals surface area contributed by atoms with Gasteiger partial charge in [0.05, 0.1) is 20.3 Å². The predicted octanol–water partition coefficient (Wildman–Crippen LogP) is 6.85. The molecule has 0 radical (unpaired) electrons. The van der Waals surface area contributed by atoms with Crippen molar-refractivity contribution in [1.82, 2.24) is 5.43 Å². The Bertz CT molecular complexity index is 1280. The zero-order chi connectivity index (χ0) is 22.5. The second-order valence-electron chi connectivity index (χ2n) is 8.05. The highest BCUT2D eigenvalue weighted by Crippen LogP contribution is 2.40. The summed E-state index contributed by atoms with van der Waals surface area (Å²) >= 11 is 12.1. The fourth-order valence-electron chi connectivity index (χ4n) is 3.69. The number of halogens is 3. The van der Waals surface area contributed by atoms with Crippen molar-refractivity contribution in [3.63, 3.8) is 0 Å². The molecule has 4 rings (SSSR count). The van der Waals surface area contributed by atoms with Gasteiger partial charge in [0.2, 0.25) is 0 Å². The van der Waals surface area contributed by atoms with Gasteiger partial charge in [0.1, 0.15) is 5.58 Å². The number of rotatable bonds is 3. The number of nitrogens with zero attached hydrogens (tertiary/aromatic N) is 2. The standard InChI is InChI=1S/C23H20BrClIN3O2/c1-12-10-23(2,3)29(4)19-9-17(25)14(6-16(12)19)11-27-28-22(30)20-7-13-5-15(24)8-18(26)21(13)31-20/h5-11H,1-4H3,(H,28,30)/b27-11-. The lowest BCUT2D eigenvalue weighted by molar-refractivity contribution is 0.0929. The number of hydrazone groups is 1. The van der Waals surface area contributed by atoms with Gasteiger partial charge in [-0.15, -0.1) is 0 Å². The summed E-state index contributed by atoms with van der Waals surface area (Å²) in [6, 6.07) is 9.47. The molecule has 1 N–H and O–H groups in total. The Balaban J connectivity index is 1.57. The molecule has 1 aromatic heterocycles. The molecule has 0 spiro atoms. The van der Waals surface area contributed by atoms with Gasteiger partial charge in [-0.3, -0.25) is 4.79 Å². The molecule has 0 saturated carbocycles. The van der Waals surface area contributed by atoms with Crippen LogP contribution in [0.1, 0.15) is 42.5 Å². The third-order valence-electron chi connectivity index (χ3n) is 5.46. The zero-order valence-electron chi connectivity index (χ0n) is 17.4. The van der Waals surface area contributed by atoms with Crippen molar-refractivity contribution in [3.05, 3.63) is 66.4 Å². The van der Waals surface area contributed by atoms with Crippen molar-refractivity contribution in [3.8, 4) is 0 Å². The van der Waals surface area contributed by atoms with Gasteiger partial charge in [-0.1, -0.05) is 33.6 Å². The first-order valence-corrected chi connectivity index (χ1v) is 11.8. The number of benzene rings is 2. The molecule has 0 bridgehead atoms. The summed E-state index contributed by atoms with van der Waals surface area (Å²) in [5.41, 5.74) is 7.17. The Labute approximate surface area is 207 Å². The second-order valence-corrected chi connectivity index (χ2v) is 10.5. The van der Waals surface area contributed by atoms with Gasteiger partial charge in [-0.2, -0.15) is 5.10 Å². The van der Waals surface area contributed by atoms with Crippen LogP contribution in [-0.4, -0.2) is 24.7 Å². The van der Waals surface area contributed by atoms with Gasteiger partial charge in [0.25, 0.3) is 0 Å². The molecule has 1 aliphatic rings. The summed E-state index contributed by atoms with van der Waals surface area (Å²) in [5, 5.41) is 5.51. The van der Waals surface area contributed by atoms with Crippen LogP contribution in [-0.2, 0) is 0 Å². The third-order valence-corrected chi connectivity index (χ3v) is 7.05. The summed E-state index contributed by atoms with van der Waals surface area (Å²) in [6.45, 7) is 6.41. The number of amides is 1. The van der Waals surface area contributed by atoms with Gasteiger partial charge in [-0.25, -0.2) is 5.43 Å². The number of furan rings is 1. The fraction of sp³-hybridized carbons (Fsp3) is 0.217. The Hall–Kier alpha value is -1.84. The van der Waals surface area contributed by atoms with E-state index >= 15 is 0 Å². The molecule has 2 heterocycles. The molecule has 0 aliphatic carbocycles. The number of allylic oxidation sites excluding steroid dienone is 1. The van der Waals surface area contributed by atoms with Crippen LogP contribution in [0.15, 0.2) is 50.4 Å². The normalized spacial score (nSPS) is 15.3. The van der Waals surface area contributed by atoms with E-state index in [9.17, 15) is 4.79 Å². The van der Waals surface area contributed by atoms with Crippen molar-refractivity contribution in [2.45, 2.75) is 26.3 Å². The predicted molar refractivity (Wildman–Crippen MR) is 139 cm³/mol. The van der Waals surface area contributed by atoms with E-state index in [1.165, 1.54) is 5.57 Å². The number of fused-ring (bicyclic) bond motifs is 2. The maximum Gasteiger partial charge on any atom is 0.307 e. The summed E-state index contributed by atoms with van der Waals surface area (Å²) in [5.74, 6) is -0.228. The number of carbonyl (C=O) groups excluding carboxylic acids is 1. The zero-order valence-corrected chi connectivity index (χ0v) is 21.9. The van der Waals surface area contributed by atoms with Gasteiger partial charge < -0.3 is 9.32 Å². The molecule has 0 saturated heterocycles. The molecule has 160 valence electrons. The monoisotopic (exact) mass is 611 g/mol. The Morgan fingerprint density at radius 1 is 1.29 bits per heavy atom. The Morgan fingerprint density at radius 3 is 2.77 bits per heavy atom. The van der Waals surface area contributed by atoms with Crippen LogP contribution in [0.5, 0.6) is 0 Å². The van der Waals surface area contributed by atoms with Crippen molar-refractivity contribution < 1.29 is 9.21 Å². The summed E-state index contributed by atoms with van der Waals surface area (Å²) in [7, 11) is 2.05. The third kappa shape index (κ3) is 4.27. The van der Waals surface area contributed by atoms with Crippen molar-refractivity contribution in [2.75, 3.05) is 11.9 Å². The number of likely N-dealkylation sites (N-methyl/N-ethyl adjacent to an activating group) is 1. The van der Waals surface area contributed by atoms with Crippen molar-refractivity contribution in [2.24, 2.45) is 5.10 Å². The maximum absolute atomic E-state index is 12.5. The van der Waals surface area contributed by atoms with E-state index in [1.54, 1.807) is 12.3 Å². The van der Waals surface area contributed by atoms with E-state index in [2.05, 4.69) is 87.8 Å². The fourth-order valence-corrected chi connectivity index (χ4v) is 5.56. The first-order chi connectivity index (χ1) is 14.6. The molecule has 8 heteroatoms. The van der Waals surface area contributed by atoms with Crippen molar-refractivity contribution >= 4 is 84.5 Å². The average Bonchev–Trinajstić information content (AvgIpc) is 3.11. The Morgan fingerprint density at radius 2 is 2.03 bits per heavy atom. The molecule has 5 nitrogen and oxygen atoms in total. The largest absolute Gasteiger partial charge is 0.450 e. The van der Waals surface area contributed by atoms with Crippen LogP contribution in [0, 0.1) is 3.57 Å². The van der Waals surface area contributed by atoms with E-state index in [4.69, 9.17) is 16.0 Å². The van der Waals surface area contributed by atoms with E-state index in [0.29, 0.717) is 10.6 Å². The number of anilines is 1. The number of nitrogens with one attached hydrogen (secondary N) is 1. The molecule has 0 fully saturated rings. The summed E-state index contributed by atoms with van der Waals surface area (Å²) in [6.07, 6.45) is 3.78. The number of carbonyl (C=O) groups is 1. The van der Waals surface area contributed by atoms with E-state index in [-0.39, 0.29) is 11.3 Å². The van der Waals surface area contributed by atoms with Crippen LogP contribution < -0.4 is 10.3 Å². The quantitative estimate of drug-likeness (QED) is 0.200. The van der Waals surface area contributed by atoms with Crippen molar-refractivity contribution in [1.29, 1.82) is 0 Å². The van der Waals surface area contributed by atoms with E-state index in [1.807, 2.05) is 24.3 Å². The van der Waals surface area contributed by atoms with E-state index < -0.39 is 5.91 Å². The first-order valence-electron chi connectivity index (χ1n) is 9.56. The molecule has 3 aromatic rings. The number of hydrogen-bond acceptors (Lipinski definition) is 4. The minimum Gasteiger partial charge on any atom is -0.450 e. The Kier molecular flexibility index (Phi) is 5.95. The van der Waals surface area contributed by atoms with E-state index in [0.717, 1.165) is 30.2 Å². The maximum atomic E-state index is 12.5. The van der Waals surface area contributed by atoms with Crippen LogP contribution in [0.25, 0.3) is 16.5 Å². The molecule has 0 atom stereocenters. The van der Waals surface area contributed by atoms with Crippen LogP contribution >= 0.6 is 50.1 Å². The molecular weight excluding hydrogens is 593 g/mol. The van der Waals surface area contributed by atoms with Crippen LogP contribution in [0.2, 0.25) is 5.02 Å². The SMILES string of the molecule is CC1=CC(C)(C)N(C)c2cc(Cl)c(/C=N\NC(=O)c3cc4cc(Br)cc(I)c4o3)cc21. The summed E-state index contributed by atoms with van der Waals surface area (Å²) < 4.78 is 7.55. The smallest absolute Gasteiger partial charge is 0.307 e. The van der Waals surface area contributed by atoms with Gasteiger partial charge in [0.15, 0.2) is 5.76 Å². The number of hydrogen-bond donors (Lipinski definition) is 1. The highest BCUT2D eigenvalue weighted by molar-refractivity contribution is 14.1. The van der Waals surface area contributed by atoms with Gasteiger partial charge in [0, 0.05) is 33.7 Å². The summed E-state index contributed by atoms with van der Waals surface area (Å²) in [4.78, 5) is 14.7. The highest BCUT2D eigenvalue weighted by atomic mass is 127. The average molecular weight is 613 g/mol. The van der Waals surface area contributed by atoms with Gasteiger partial charge >= 0.3 is 5.91 Å². The topological polar surface area (TPSA) is 57.8 Å². The molecule has 1 aliphatic heterocycles. The lowest BCUT2D eigenvalue weighted by atomic mass is 9.88. The lowest BCUT2D eigenvalue weighted by Crippen LogP contribution is -2.42. The van der Waals surface area contributed by atoms with Crippen LogP contribution in [0.4, 0.5) is 5.69 Å². The minimum absolute atomic E-state index is 0.0933. The highest BCUT2D eigenvalue weighted by Gasteiger charge is 2.29. The molecule has 1 amide bonds. The minimum atomic E-state index is -0.425. The molecule has 2 aromatic carbocycles. The van der Waals surface area contributed by atoms with Gasteiger partial charge in [-0.05, 0) is 79.3 Å². The second kappa shape index (κ2) is 8.26. The molecule has 31 heavy (non-hydrogen) atoms. The molecule has 0 unspecified atom stereocenters. The van der Waals surface area contributed by atoms with Crippen LogP contribution in [0.3, 0.4) is 0 Å².